The summed E-state index contributed by atoms with van der Waals surface area (Å²) in [4.78, 5) is 0. The van der Waals surface area contributed by atoms with Crippen molar-refractivity contribution in [3.05, 3.63) is 0 Å². The van der Waals surface area contributed by atoms with Crippen LogP contribution in [0.3, 0.4) is 0 Å². The van der Waals surface area contributed by atoms with Crippen molar-refractivity contribution in [2.24, 2.45) is 5.92 Å². The van der Waals surface area contributed by atoms with Crippen LogP contribution >= 0.6 is 0 Å². The summed E-state index contributed by atoms with van der Waals surface area (Å²) < 4.78 is 5.65. The number of ether oxygens (including phenoxy) is 1. The molecule has 1 aliphatic rings. The molecule has 4 heteroatoms. The molecule has 180 valence electrons. The maximum Gasteiger partial charge on any atom is 0.111 e. The van der Waals surface area contributed by atoms with Crippen molar-refractivity contribution >= 4 is 0 Å². The van der Waals surface area contributed by atoms with Gasteiger partial charge < -0.3 is 20.1 Å². The Morgan fingerprint density at radius 1 is 0.633 bits per heavy atom. The average molecular weight is 429 g/mol. The molecule has 0 aromatic heterocycles. The molecule has 5 atom stereocenters. The Labute approximate surface area is 186 Å². The highest BCUT2D eigenvalue weighted by Gasteiger charge is 2.40. The molecule has 30 heavy (non-hydrogen) atoms. The normalized spacial score (nSPS) is 25.5. The van der Waals surface area contributed by atoms with Gasteiger partial charge in [0, 0.05) is 0 Å². The lowest BCUT2D eigenvalue weighted by Crippen LogP contribution is -2.55. The maximum absolute atomic E-state index is 10.2. The number of unbranched alkanes of at least 4 members (excludes halogenated alkanes) is 15. The topological polar surface area (TPSA) is 69.9 Å². The highest BCUT2D eigenvalue weighted by Crippen LogP contribution is 2.28. The van der Waals surface area contributed by atoms with Crippen molar-refractivity contribution in [1.29, 1.82) is 0 Å². The Morgan fingerprint density at radius 2 is 1.07 bits per heavy atom. The van der Waals surface area contributed by atoms with Gasteiger partial charge in [0.2, 0.25) is 0 Å². The molecular formula is C26H52O4. The fraction of sp³-hybridized carbons (Fsp3) is 1.00. The summed E-state index contributed by atoms with van der Waals surface area (Å²) in [5.41, 5.74) is 0. The minimum atomic E-state index is -1.08. The van der Waals surface area contributed by atoms with Gasteiger partial charge in [-0.1, -0.05) is 123 Å². The van der Waals surface area contributed by atoms with E-state index in [-0.39, 0.29) is 18.6 Å². The van der Waals surface area contributed by atoms with Gasteiger partial charge in [-0.3, -0.25) is 0 Å². The highest BCUT2D eigenvalue weighted by molar-refractivity contribution is 4.89. The fourth-order valence-electron chi connectivity index (χ4n) is 4.80. The Bertz CT molecular complexity index is 376. The fourth-order valence-corrected chi connectivity index (χ4v) is 4.80. The second-order valence-electron chi connectivity index (χ2n) is 9.61. The lowest BCUT2D eigenvalue weighted by molar-refractivity contribution is -0.201. The minimum Gasteiger partial charge on any atom is -0.388 e. The molecule has 4 nitrogen and oxygen atoms in total. The van der Waals surface area contributed by atoms with Gasteiger partial charge in [-0.2, -0.15) is 0 Å². The molecule has 0 radical (unpaired) electrons. The summed E-state index contributed by atoms with van der Waals surface area (Å²) in [5.74, 6) is 0.258. The van der Waals surface area contributed by atoms with Crippen LogP contribution in [0.15, 0.2) is 0 Å². The molecule has 0 aliphatic carbocycles. The smallest absolute Gasteiger partial charge is 0.111 e. The molecule has 0 aromatic rings. The van der Waals surface area contributed by atoms with E-state index in [1.165, 1.54) is 96.3 Å². The predicted octanol–water partition coefficient (Wildman–Crippen LogP) is 6.15. The molecule has 0 aromatic carbocycles. The zero-order valence-electron chi connectivity index (χ0n) is 20.1. The largest absolute Gasteiger partial charge is 0.388 e. The second kappa shape index (κ2) is 18.4. The number of rotatable bonds is 19. The van der Waals surface area contributed by atoms with Crippen LogP contribution in [0.5, 0.6) is 0 Å². The third-order valence-electron chi connectivity index (χ3n) is 6.96. The summed E-state index contributed by atoms with van der Waals surface area (Å²) in [6, 6.07) is 0. The standard InChI is InChI=1S/C26H52O4/c1-3-5-6-7-8-9-10-11-12-13-14-15-16-17-18-19-20-22(4-2)26-25(29)24(28)23(27)21-30-26/h22-29H,3-21H2,1-2H3/t22?,23-,24+,25-,26+/m1/s1. The Hall–Kier alpha value is -0.160. The third-order valence-corrected chi connectivity index (χ3v) is 6.96. The van der Waals surface area contributed by atoms with Crippen molar-refractivity contribution in [2.75, 3.05) is 6.61 Å². The molecule has 1 unspecified atom stereocenters. The van der Waals surface area contributed by atoms with Crippen LogP contribution < -0.4 is 0 Å². The van der Waals surface area contributed by atoms with E-state index in [0.717, 1.165) is 19.3 Å². The molecule has 1 heterocycles. The first-order chi connectivity index (χ1) is 14.6. The van der Waals surface area contributed by atoms with Crippen molar-refractivity contribution in [3.8, 4) is 0 Å². The van der Waals surface area contributed by atoms with Gasteiger partial charge in [-0.05, 0) is 12.3 Å². The zero-order valence-corrected chi connectivity index (χ0v) is 20.1. The predicted molar refractivity (Wildman–Crippen MR) is 126 cm³/mol. The van der Waals surface area contributed by atoms with E-state index in [4.69, 9.17) is 4.74 Å². The summed E-state index contributed by atoms with van der Waals surface area (Å²) in [6.45, 7) is 4.52. The number of aliphatic hydroxyl groups is 3. The molecule has 1 aliphatic heterocycles. The Kier molecular flexibility index (Phi) is 17.1. The molecule has 1 saturated heterocycles. The minimum absolute atomic E-state index is 0.123. The average Bonchev–Trinajstić information content (AvgIpc) is 2.75. The van der Waals surface area contributed by atoms with Crippen molar-refractivity contribution in [1.82, 2.24) is 0 Å². The molecule has 0 saturated carbocycles. The first kappa shape index (κ1) is 27.9. The Balaban J connectivity index is 1.91. The molecule has 1 fully saturated rings. The van der Waals surface area contributed by atoms with E-state index in [2.05, 4.69) is 13.8 Å². The lowest BCUT2D eigenvalue weighted by Gasteiger charge is -2.39. The van der Waals surface area contributed by atoms with E-state index in [9.17, 15) is 15.3 Å². The van der Waals surface area contributed by atoms with Gasteiger partial charge in [0.25, 0.3) is 0 Å². The van der Waals surface area contributed by atoms with Gasteiger partial charge in [-0.15, -0.1) is 0 Å². The Morgan fingerprint density at radius 3 is 1.50 bits per heavy atom. The lowest BCUT2D eigenvalue weighted by atomic mass is 9.85. The van der Waals surface area contributed by atoms with Crippen LogP contribution in [0.25, 0.3) is 0 Å². The number of hydrogen-bond acceptors (Lipinski definition) is 4. The summed E-state index contributed by atoms with van der Waals surface area (Å²) in [6.07, 6.45) is 20.5. The van der Waals surface area contributed by atoms with Crippen molar-refractivity contribution < 1.29 is 20.1 Å². The van der Waals surface area contributed by atoms with Crippen LogP contribution in [0.1, 0.15) is 129 Å². The summed E-state index contributed by atoms with van der Waals surface area (Å²) >= 11 is 0. The molecule has 0 bridgehead atoms. The first-order valence-electron chi connectivity index (χ1n) is 13.3. The van der Waals surface area contributed by atoms with Crippen LogP contribution in [-0.2, 0) is 4.74 Å². The summed E-state index contributed by atoms with van der Waals surface area (Å²) in [5, 5.41) is 29.7. The summed E-state index contributed by atoms with van der Waals surface area (Å²) in [7, 11) is 0. The van der Waals surface area contributed by atoms with E-state index < -0.39 is 18.3 Å². The van der Waals surface area contributed by atoms with Crippen LogP contribution in [0.4, 0.5) is 0 Å². The van der Waals surface area contributed by atoms with Gasteiger partial charge >= 0.3 is 0 Å². The molecule has 3 N–H and O–H groups in total. The number of hydrogen-bond donors (Lipinski definition) is 3. The quantitative estimate of drug-likeness (QED) is 0.216. The van der Waals surface area contributed by atoms with Gasteiger partial charge in [0.05, 0.1) is 12.7 Å². The highest BCUT2D eigenvalue weighted by atomic mass is 16.5. The van der Waals surface area contributed by atoms with Crippen molar-refractivity contribution in [2.45, 2.75) is 154 Å². The van der Waals surface area contributed by atoms with Crippen LogP contribution in [0.2, 0.25) is 0 Å². The first-order valence-corrected chi connectivity index (χ1v) is 13.3. The van der Waals surface area contributed by atoms with Crippen LogP contribution in [-0.4, -0.2) is 46.3 Å². The second-order valence-corrected chi connectivity index (χ2v) is 9.61. The van der Waals surface area contributed by atoms with E-state index in [1.54, 1.807) is 0 Å². The molecule has 1 rings (SSSR count). The number of aliphatic hydroxyl groups excluding tert-OH is 3. The molecular weight excluding hydrogens is 376 g/mol. The van der Waals surface area contributed by atoms with Crippen molar-refractivity contribution in [3.63, 3.8) is 0 Å². The van der Waals surface area contributed by atoms with E-state index >= 15 is 0 Å². The third kappa shape index (κ3) is 12.0. The van der Waals surface area contributed by atoms with E-state index in [1.807, 2.05) is 0 Å². The zero-order chi connectivity index (χ0) is 22.0. The maximum atomic E-state index is 10.2. The molecule has 0 spiro atoms. The molecule has 0 amide bonds. The van der Waals surface area contributed by atoms with Gasteiger partial charge in [0.1, 0.15) is 18.3 Å². The SMILES string of the molecule is CCCCCCCCCCCCCCCCCCC(CC)[C@@H]1OC[C@@H](O)[C@H](O)[C@H]1O. The monoisotopic (exact) mass is 428 g/mol. The van der Waals surface area contributed by atoms with E-state index in [0.29, 0.717) is 0 Å². The van der Waals surface area contributed by atoms with Gasteiger partial charge in [0.15, 0.2) is 0 Å². The van der Waals surface area contributed by atoms with Gasteiger partial charge in [-0.25, -0.2) is 0 Å². The van der Waals surface area contributed by atoms with Crippen LogP contribution in [0, 0.1) is 5.92 Å².